The van der Waals surface area contributed by atoms with Gasteiger partial charge in [0.2, 0.25) is 0 Å². The average Bonchev–Trinajstić information content (AvgIpc) is 2.48. The molecule has 0 N–H and O–H groups in total. The lowest BCUT2D eigenvalue weighted by Gasteiger charge is -2.43. The highest BCUT2D eigenvalue weighted by Crippen LogP contribution is 2.81. The summed E-state index contributed by atoms with van der Waals surface area (Å²) in [5.41, 5.74) is 0. The third-order valence-corrected chi connectivity index (χ3v) is 6.29. The summed E-state index contributed by atoms with van der Waals surface area (Å²) in [6, 6.07) is 0. The molecule has 5 saturated carbocycles. The van der Waals surface area contributed by atoms with Gasteiger partial charge in [-0.15, -0.1) is 0 Å². The molecule has 0 heterocycles. The highest BCUT2D eigenvalue weighted by molar-refractivity contribution is 5.23. The van der Waals surface area contributed by atoms with Crippen LogP contribution in [0, 0.1) is 47.3 Å². The Morgan fingerprint density at radius 2 is 1.42 bits per heavy atom. The predicted molar refractivity (Wildman–Crippen MR) is 46.4 cm³/mol. The van der Waals surface area contributed by atoms with Crippen LogP contribution in [0.4, 0.5) is 0 Å². The van der Waals surface area contributed by atoms with Crippen molar-refractivity contribution in [1.29, 1.82) is 0 Å². The van der Waals surface area contributed by atoms with E-state index in [9.17, 15) is 0 Å². The first-order valence-electron chi connectivity index (χ1n) is 5.95. The van der Waals surface area contributed by atoms with Gasteiger partial charge in [0.1, 0.15) is 0 Å². The summed E-state index contributed by atoms with van der Waals surface area (Å²) in [5, 5.41) is 0. The van der Waals surface area contributed by atoms with Gasteiger partial charge < -0.3 is 0 Å². The highest BCUT2D eigenvalue weighted by Gasteiger charge is 2.75. The van der Waals surface area contributed by atoms with E-state index in [1.807, 2.05) is 0 Å². The predicted octanol–water partition coefficient (Wildman–Crippen LogP) is 2.54. The van der Waals surface area contributed by atoms with Crippen molar-refractivity contribution in [2.75, 3.05) is 0 Å². The second-order valence-electron chi connectivity index (χ2n) is 6.20. The molecule has 5 aliphatic carbocycles. The SMILES string of the molecule is C1CC2C3C1CC3C1C3CC3C21. The van der Waals surface area contributed by atoms with E-state index in [4.69, 9.17) is 0 Å². The second-order valence-corrected chi connectivity index (χ2v) is 6.20. The molecular formula is C12H16. The van der Waals surface area contributed by atoms with Crippen LogP contribution in [0.25, 0.3) is 0 Å². The van der Waals surface area contributed by atoms with Crippen LogP contribution >= 0.6 is 0 Å². The summed E-state index contributed by atoms with van der Waals surface area (Å²) >= 11 is 0. The molecule has 0 saturated heterocycles. The summed E-state index contributed by atoms with van der Waals surface area (Å²) in [5.74, 6) is 10.1. The van der Waals surface area contributed by atoms with Gasteiger partial charge in [0.15, 0.2) is 0 Å². The second kappa shape index (κ2) is 1.40. The van der Waals surface area contributed by atoms with Crippen molar-refractivity contribution in [3.05, 3.63) is 0 Å². The molecule has 0 heteroatoms. The topological polar surface area (TPSA) is 0 Å². The molecule has 0 amide bonds. The molecule has 0 bridgehead atoms. The van der Waals surface area contributed by atoms with Crippen LogP contribution in [0.3, 0.4) is 0 Å². The summed E-state index contributed by atoms with van der Waals surface area (Å²) in [7, 11) is 0. The Morgan fingerprint density at radius 1 is 0.583 bits per heavy atom. The van der Waals surface area contributed by atoms with E-state index in [2.05, 4.69) is 0 Å². The molecule has 8 atom stereocenters. The van der Waals surface area contributed by atoms with Crippen LogP contribution in [0.15, 0.2) is 0 Å². The Labute approximate surface area is 73.7 Å². The maximum atomic E-state index is 1.66. The fourth-order valence-electron chi connectivity index (χ4n) is 6.01. The molecule has 0 aromatic rings. The lowest BCUT2D eigenvalue weighted by Crippen LogP contribution is -2.37. The fraction of sp³-hybridized carbons (Fsp3) is 1.00. The summed E-state index contributed by atoms with van der Waals surface area (Å²) in [6.07, 6.45) is 6.56. The molecule has 5 fully saturated rings. The Bertz CT molecular complexity index is 263. The van der Waals surface area contributed by atoms with Gasteiger partial charge in [-0.2, -0.15) is 0 Å². The Balaban J connectivity index is 1.66. The van der Waals surface area contributed by atoms with Gasteiger partial charge in [0, 0.05) is 0 Å². The lowest BCUT2D eigenvalue weighted by atomic mass is 9.62. The van der Waals surface area contributed by atoms with Crippen LogP contribution in [-0.2, 0) is 0 Å². The molecular weight excluding hydrogens is 144 g/mol. The maximum absolute atomic E-state index is 1.66. The van der Waals surface area contributed by atoms with Crippen molar-refractivity contribution in [3.8, 4) is 0 Å². The van der Waals surface area contributed by atoms with Crippen LogP contribution in [-0.4, -0.2) is 0 Å². The number of rotatable bonds is 0. The standard InChI is InChI=1S/C12H16/c1-2-6-10-5(1)3-9(10)12-8-4-7(8)11(6)12/h5-12H,1-4H2. The minimum atomic E-state index is 1.23. The van der Waals surface area contributed by atoms with Gasteiger partial charge in [0.25, 0.3) is 0 Å². The smallest absolute Gasteiger partial charge is 0.0318 e. The Hall–Kier alpha value is 0. The summed E-state index contributed by atoms with van der Waals surface area (Å²) in [6.45, 7) is 0. The zero-order chi connectivity index (χ0) is 7.45. The summed E-state index contributed by atoms with van der Waals surface area (Å²) < 4.78 is 0. The summed E-state index contributed by atoms with van der Waals surface area (Å²) in [4.78, 5) is 0. The first kappa shape index (κ1) is 5.67. The molecule has 64 valence electrons. The van der Waals surface area contributed by atoms with Crippen molar-refractivity contribution < 1.29 is 0 Å². The first-order chi connectivity index (χ1) is 5.95. The number of fused-ring (bicyclic) bond motifs is 6. The maximum Gasteiger partial charge on any atom is -0.0318 e. The van der Waals surface area contributed by atoms with E-state index in [-0.39, 0.29) is 0 Å². The molecule has 0 nitrogen and oxygen atoms in total. The van der Waals surface area contributed by atoms with E-state index in [1.54, 1.807) is 25.7 Å². The fourth-order valence-corrected chi connectivity index (χ4v) is 6.01. The lowest BCUT2D eigenvalue weighted by molar-refractivity contribution is 0.0491. The highest BCUT2D eigenvalue weighted by atomic mass is 14.8. The third kappa shape index (κ3) is 0.367. The third-order valence-electron chi connectivity index (χ3n) is 6.29. The number of hydrogen-bond acceptors (Lipinski definition) is 0. The van der Waals surface area contributed by atoms with Gasteiger partial charge in [-0.3, -0.25) is 0 Å². The Kier molecular flexibility index (Phi) is 0.663. The van der Waals surface area contributed by atoms with Crippen LogP contribution < -0.4 is 0 Å². The van der Waals surface area contributed by atoms with Gasteiger partial charge in [-0.1, -0.05) is 0 Å². The van der Waals surface area contributed by atoms with Crippen molar-refractivity contribution in [2.45, 2.75) is 25.7 Å². The van der Waals surface area contributed by atoms with Gasteiger partial charge in [-0.25, -0.2) is 0 Å². The van der Waals surface area contributed by atoms with Crippen molar-refractivity contribution in [1.82, 2.24) is 0 Å². The average molecular weight is 160 g/mol. The van der Waals surface area contributed by atoms with E-state index in [0.717, 1.165) is 0 Å². The first-order valence-corrected chi connectivity index (χ1v) is 5.95. The van der Waals surface area contributed by atoms with E-state index in [0.29, 0.717) is 0 Å². The zero-order valence-corrected chi connectivity index (χ0v) is 7.45. The zero-order valence-electron chi connectivity index (χ0n) is 7.45. The molecule has 0 aromatic heterocycles. The van der Waals surface area contributed by atoms with Crippen LogP contribution in [0.2, 0.25) is 0 Å². The normalized spacial score (nSPS) is 80.0. The molecule has 5 rings (SSSR count). The van der Waals surface area contributed by atoms with E-state index >= 15 is 0 Å². The van der Waals surface area contributed by atoms with Crippen LogP contribution in [0.1, 0.15) is 25.7 Å². The van der Waals surface area contributed by atoms with E-state index < -0.39 is 0 Å². The minimum Gasteiger partial charge on any atom is -0.0499 e. The largest absolute Gasteiger partial charge is 0.0499 e. The monoisotopic (exact) mass is 160 g/mol. The molecule has 8 unspecified atom stereocenters. The molecule has 5 aliphatic rings. The van der Waals surface area contributed by atoms with Crippen LogP contribution in [0.5, 0.6) is 0 Å². The van der Waals surface area contributed by atoms with Gasteiger partial charge >= 0.3 is 0 Å². The van der Waals surface area contributed by atoms with E-state index in [1.165, 1.54) is 47.3 Å². The molecule has 12 heavy (non-hydrogen) atoms. The molecule has 0 aliphatic heterocycles. The quantitative estimate of drug-likeness (QED) is 0.511. The van der Waals surface area contributed by atoms with Crippen molar-refractivity contribution in [3.63, 3.8) is 0 Å². The van der Waals surface area contributed by atoms with Crippen molar-refractivity contribution in [2.24, 2.45) is 47.3 Å². The molecule has 0 spiro atoms. The molecule has 0 aromatic carbocycles. The molecule has 0 radical (unpaired) electrons. The Morgan fingerprint density at radius 3 is 2.33 bits per heavy atom. The van der Waals surface area contributed by atoms with Crippen molar-refractivity contribution >= 4 is 0 Å². The van der Waals surface area contributed by atoms with Gasteiger partial charge in [0.05, 0.1) is 0 Å². The number of hydrogen-bond donors (Lipinski definition) is 0. The minimum absolute atomic E-state index is 1.23. The van der Waals surface area contributed by atoms with Gasteiger partial charge in [-0.05, 0) is 73.0 Å².